The summed E-state index contributed by atoms with van der Waals surface area (Å²) < 4.78 is 6.62. The largest absolute Gasteiger partial charge is 0.508 e. The molecule has 0 spiro atoms. The first-order valence-corrected chi connectivity index (χ1v) is 13.4. The summed E-state index contributed by atoms with van der Waals surface area (Å²) in [7, 11) is 0. The van der Waals surface area contributed by atoms with Gasteiger partial charge in [-0.1, -0.05) is 6.92 Å². The number of piperidine rings is 1. The Kier molecular flexibility index (Phi) is 7.46. The Bertz CT molecular complexity index is 1380. The molecular weight excluding hydrogens is 486 g/mol. The molecule has 0 radical (unpaired) electrons. The summed E-state index contributed by atoms with van der Waals surface area (Å²) in [4.78, 5) is 16.8. The van der Waals surface area contributed by atoms with E-state index in [-0.39, 0.29) is 23.9 Å². The fraction of sp³-hybridized carbons (Fsp3) is 0.300. The summed E-state index contributed by atoms with van der Waals surface area (Å²) >= 11 is 1.43. The minimum Gasteiger partial charge on any atom is -0.508 e. The van der Waals surface area contributed by atoms with Gasteiger partial charge in [0.2, 0.25) is 0 Å². The highest BCUT2D eigenvalue weighted by Gasteiger charge is 2.22. The molecule has 3 N–H and O–H groups in total. The van der Waals surface area contributed by atoms with Gasteiger partial charge < -0.3 is 25.0 Å². The normalized spacial score (nSPS) is 17.1. The number of ketones is 1. The zero-order chi connectivity index (χ0) is 25.9. The number of phenolic OH excluding ortho intramolecular Hbond substituents is 2. The van der Waals surface area contributed by atoms with Crippen molar-refractivity contribution in [2.75, 3.05) is 26.2 Å². The average Bonchev–Trinajstić information content (AvgIpc) is 3.26. The Morgan fingerprint density at radius 2 is 1.78 bits per heavy atom. The lowest BCUT2D eigenvalue weighted by atomic mass is 9.97. The number of aliphatic hydroxyl groups excluding tert-OH is 1. The predicted octanol–water partition coefficient (Wildman–Crippen LogP) is 5.68. The van der Waals surface area contributed by atoms with Crippen molar-refractivity contribution in [1.29, 1.82) is 0 Å². The molecule has 3 aromatic carbocycles. The van der Waals surface area contributed by atoms with Crippen LogP contribution < -0.4 is 4.74 Å². The van der Waals surface area contributed by atoms with E-state index in [0.29, 0.717) is 29.3 Å². The number of benzene rings is 3. The Hall–Kier alpha value is -3.39. The number of carbonyl (C=O) groups excluding carboxylic acids is 1. The van der Waals surface area contributed by atoms with Crippen molar-refractivity contribution in [2.45, 2.75) is 25.9 Å². The molecular formula is C30H31NO5S. The highest BCUT2D eigenvalue weighted by atomic mass is 32.1. The van der Waals surface area contributed by atoms with E-state index in [1.807, 2.05) is 0 Å². The molecule has 0 aliphatic carbocycles. The average molecular weight is 518 g/mol. The van der Waals surface area contributed by atoms with Crippen LogP contribution in [0.25, 0.3) is 20.5 Å². The van der Waals surface area contributed by atoms with Crippen LogP contribution in [0.3, 0.4) is 0 Å². The van der Waals surface area contributed by atoms with Crippen molar-refractivity contribution in [3.05, 3.63) is 77.9 Å². The van der Waals surface area contributed by atoms with Gasteiger partial charge >= 0.3 is 0 Å². The summed E-state index contributed by atoms with van der Waals surface area (Å²) in [5.74, 6) is 1.42. The molecule has 6 nitrogen and oxygen atoms in total. The van der Waals surface area contributed by atoms with Crippen LogP contribution in [0.4, 0.5) is 0 Å². The van der Waals surface area contributed by atoms with Crippen molar-refractivity contribution in [2.24, 2.45) is 5.92 Å². The van der Waals surface area contributed by atoms with Crippen LogP contribution in [-0.4, -0.2) is 58.3 Å². The van der Waals surface area contributed by atoms with Gasteiger partial charge in [0.05, 0.1) is 0 Å². The third-order valence-electron chi connectivity index (χ3n) is 6.80. The van der Waals surface area contributed by atoms with Gasteiger partial charge in [-0.2, -0.15) is 0 Å². The Morgan fingerprint density at radius 1 is 1.05 bits per heavy atom. The third-order valence-corrected chi connectivity index (χ3v) is 8.00. The number of thiophene rings is 1. The van der Waals surface area contributed by atoms with Crippen LogP contribution in [0, 0.1) is 5.92 Å². The van der Waals surface area contributed by atoms with Crippen molar-refractivity contribution in [3.63, 3.8) is 0 Å². The van der Waals surface area contributed by atoms with Gasteiger partial charge in [-0.05, 0) is 97.6 Å². The number of carbonyl (C=O) groups is 1. The van der Waals surface area contributed by atoms with Gasteiger partial charge in [-0.25, -0.2) is 0 Å². The van der Waals surface area contributed by atoms with E-state index < -0.39 is 6.10 Å². The van der Waals surface area contributed by atoms with Crippen molar-refractivity contribution in [3.8, 4) is 27.7 Å². The first-order chi connectivity index (χ1) is 17.9. The number of aromatic hydroxyl groups is 2. The maximum absolute atomic E-state index is 13.7. The molecule has 2 unspecified atom stereocenters. The second kappa shape index (κ2) is 10.9. The first-order valence-electron chi connectivity index (χ1n) is 12.6. The number of rotatable bonds is 8. The molecule has 0 amide bonds. The Balaban J connectivity index is 1.33. The summed E-state index contributed by atoms with van der Waals surface area (Å²) in [5, 5.41) is 30.9. The first kappa shape index (κ1) is 25.3. The van der Waals surface area contributed by atoms with E-state index in [2.05, 4.69) is 11.8 Å². The van der Waals surface area contributed by atoms with Gasteiger partial charge in [0.1, 0.15) is 30.0 Å². The number of hydrogen-bond acceptors (Lipinski definition) is 7. The van der Waals surface area contributed by atoms with Gasteiger partial charge in [0, 0.05) is 39.2 Å². The van der Waals surface area contributed by atoms with Gasteiger partial charge in [-0.3, -0.25) is 4.79 Å². The van der Waals surface area contributed by atoms with Gasteiger partial charge in [0.15, 0.2) is 5.78 Å². The van der Waals surface area contributed by atoms with Crippen molar-refractivity contribution < 1.29 is 24.9 Å². The molecule has 1 aliphatic heterocycles. The monoisotopic (exact) mass is 517 g/mol. The SMILES string of the molecule is CC1CCCN(CC(O)COc2ccc(C(=O)c3c(-c4ccc(O)cc4)sc4cc(O)ccc34)cc2)C1. The van der Waals surface area contributed by atoms with Crippen molar-refractivity contribution >= 4 is 27.2 Å². The number of β-amino-alcohol motifs (C(OH)–C–C–N with tert-alkyl or cyclic N) is 1. The van der Waals surface area contributed by atoms with Crippen LogP contribution in [0.5, 0.6) is 17.2 Å². The Labute approximate surface area is 220 Å². The molecule has 4 aromatic rings. The highest BCUT2D eigenvalue weighted by Crippen LogP contribution is 2.41. The summed E-state index contributed by atoms with van der Waals surface area (Å²) in [6.07, 6.45) is 1.83. The molecule has 2 heterocycles. The molecule has 1 aromatic heterocycles. The molecule has 2 atom stereocenters. The van der Waals surface area contributed by atoms with E-state index in [4.69, 9.17) is 4.74 Å². The number of likely N-dealkylation sites (tertiary alicyclic amines) is 1. The van der Waals surface area contributed by atoms with Crippen molar-refractivity contribution in [1.82, 2.24) is 4.90 Å². The number of nitrogens with zero attached hydrogens (tertiary/aromatic N) is 1. The smallest absolute Gasteiger partial charge is 0.195 e. The second-order valence-corrected chi connectivity index (χ2v) is 10.9. The molecule has 1 saturated heterocycles. The topological polar surface area (TPSA) is 90.2 Å². The molecule has 0 bridgehead atoms. The lowest BCUT2D eigenvalue weighted by molar-refractivity contribution is 0.0537. The van der Waals surface area contributed by atoms with Gasteiger partial charge in [-0.15, -0.1) is 11.3 Å². The van der Waals surface area contributed by atoms with Gasteiger partial charge in [0.25, 0.3) is 0 Å². The maximum atomic E-state index is 13.7. The van der Waals surface area contributed by atoms with Crippen LogP contribution in [0.1, 0.15) is 35.7 Å². The molecule has 5 rings (SSSR count). The molecule has 0 saturated carbocycles. The van der Waals surface area contributed by atoms with E-state index in [1.165, 1.54) is 24.2 Å². The van der Waals surface area contributed by atoms with Crippen LogP contribution >= 0.6 is 11.3 Å². The maximum Gasteiger partial charge on any atom is 0.195 e. The number of hydrogen-bond donors (Lipinski definition) is 3. The van der Waals surface area contributed by atoms with E-state index >= 15 is 0 Å². The number of ether oxygens (including phenoxy) is 1. The quantitative estimate of drug-likeness (QED) is 0.261. The minimum atomic E-state index is -0.576. The van der Waals surface area contributed by atoms with Crippen LogP contribution in [0.15, 0.2) is 66.7 Å². The molecule has 1 fully saturated rings. The lowest BCUT2D eigenvalue weighted by Gasteiger charge is -2.32. The fourth-order valence-corrected chi connectivity index (χ4v) is 6.21. The molecule has 7 heteroatoms. The summed E-state index contributed by atoms with van der Waals surface area (Å²) in [6, 6.07) is 18.7. The second-order valence-electron chi connectivity index (χ2n) is 9.86. The zero-order valence-electron chi connectivity index (χ0n) is 20.8. The highest BCUT2D eigenvalue weighted by molar-refractivity contribution is 7.22. The number of phenols is 2. The standard InChI is InChI=1S/C30H31NO5S/c1-19-3-2-14-31(16-19)17-24(34)18-36-25-11-6-20(7-12-25)29(35)28-26-13-10-23(33)15-27(26)37-30(28)21-4-8-22(32)9-5-21/h4-13,15,19,24,32-34H,2-3,14,16-18H2,1H3. The molecule has 37 heavy (non-hydrogen) atoms. The number of fused-ring (bicyclic) bond motifs is 1. The fourth-order valence-electron chi connectivity index (χ4n) is 4.97. The minimum absolute atomic E-state index is 0.134. The predicted molar refractivity (Wildman–Crippen MR) is 147 cm³/mol. The lowest BCUT2D eigenvalue weighted by Crippen LogP contribution is -2.41. The number of aliphatic hydroxyl groups is 1. The zero-order valence-corrected chi connectivity index (χ0v) is 21.6. The third kappa shape index (κ3) is 5.80. The molecule has 1 aliphatic rings. The Morgan fingerprint density at radius 3 is 2.51 bits per heavy atom. The van der Waals surface area contributed by atoms with E-state index in [9.17, 15) is 20.1 Å². The van der Waals surface area contributed by atoms with Crippen LogP contribution in [-0.2, 0) is 0 Å². The summed E-state index contributed by atoms with van der Waals surface area (Å²) in [5.41, 5.74) is 1.90. The molecule has 192 valence electrons. The van der Waals surface area contributed by atoms with E-state index in [1.54, 1.807) is 66.7 Å². The van der Waals surface area contributed by atoms with E-state index in [0.717, 1.165) is 33.6 Å². The summed E-state index contributed by atoms with van der Waals surface area (Å²) in [6.45, 7) is 5.07. The van der Waals surface area contributed by atoms with Crippen LogP contribution in [0.2, 0.25) is 0 Å².